The Kier molecular flexibility index (Phi) is 4.27. The summed E-state index contributed by atoms with van der Waals surface area (Å²) in [5, 5.41) is 9.44. The number of carbonyl (C=O) groups is 1. The van der Waals surface area contributed by atoms with Gasteiger partial charge in [-0.15, -0.1) is 0 Å². The van der Waals surface area contributed by atoms with Crippen molar-refractivity contribution >= 4 is 11.6 Å². The summed E-state index contributed by atoms with van der Waals surface area (Å²) in [6.45, 7) is 7.22. The summed E-state index contributed by atoms with van der Waals surface area (Å²) in [4.78, 5) is 16.2. The zero-order chi connectivity index (χ0) is 13.8. The fourth-order valence-corrected chi connectivity index (χ4v) is 2.19. The first-order valence-corrected chi connectivity index (χ1v) is 6.64. The van der Waals surface area contributed by atoms with Crippen LogP contribution in [0.4, 0.5) is 5.69 Å². The second-order valence-electron chi connectivity index (χ2n) is 4.51. The lowest BCUT2D eigenvalue weighted by molar-refractivity contribution is -0.119. The Labute approximate surface area is 113 Å². The summed E-state index contributed by atoms with van der Waals surface area (Å²) in [6.07, 6.45) is 0. The van der Waals surface area contributed by atoms with Crippen LogP contribution in [0.2, 0.25) is 0 Å². The van der Waals surface area contributed by atoms with E-state index in [1.165, 1.54) is 0 Å². The molecule has 0 saturated heterocycles. The molecule has 0 saturated carbocycles. The molecule has 1 heterocycles. The van der Waals surface area contributed by atoms with Crippen LogP contribution in [0.1, 0.15) is 13.8 Å². The lowest BCUT2D eigenvalue weighted by atomic mass is 10.2. The van der Waals surface area contributed by atoms with E-state index in [0.29, 0.717) is 25.4 Å². The third-order valence-corrected chi connectivity index (χ3v) is 3.36. The van der Waals surface area contributed by atoms with E-state index in [9.17, 15) is 9.90 Å². The van der Waals surface area contributed by atoms with Gasteiger partial charge in [0.15, 0.2) is 0 Å². The van der Waals surface area contributed by atoms with Crippen molar-refractivity contribution in [3.63, 3.8) is 0 Å². The standard InChI is InChI=1S/C14H20N2O3/c1-3-15(4-2)10-14(18)16-7-8-19-13-9-11(17)5-6-12(13)16/h5-6,9,17H,3-4,7-8,10H2,1-2H3. The topological polar surface area (TPSA) is 53.0 Å². The molecule has 0 bridgehead atoms. The average Bonchev–Trinajstić information content (AvgIpc) is 2.43. The monoisotopic (exact) mass is 264 g/mol. The predicted octanol–water partition coefficient (Wildman–Crippen LogP) is 1.46. The highest BCUT2D eigenvalue weighted by Crippen LogP contribution is 2.34. The van der Waals surface area contributed by atoms with Gasteiger partial charge in [-0.05, 0) is 25.2 Å². The fraction of sp³-hybridized carbons (Fsp3) is 0.500. The van der Waals surface area contributed by atoms with Crippen molar-refractivity contribution in [1.29, 1.82) is 0 Å². The van der Waals surface area contributed by atoms with Crippen molar-refractivity contribution in [2.45, 2.75) is 13.8 Å². The maximum atomic E-state index is 12.3. The highest BCUT2D eigenvalue weighted by atomic mass is 16.5. The van der Waals surface area contributed by atoms with E-state index in [4.69, 9.17) is 4.74 Å². The molecule has 0 unspecified atom stereocenters. The number of benzene rings is 1. The molecule has 19 heavy (non-hydrogen) atoms. The SMILES string of the molecule is CCN(CC)CC(=O)N1CCOc2cc(O)ccc21. The first kappa shape index (κ1) is 13.7. The minimum atomic E-state index is 0.0685. The Morgan fingerprint density at radius 1 is 1.42 bits per heavy atom. The summed E-state index contributed by atoms with van der Waals surface area (Å²) >= 11 is 0. The Hall–Kier alpha value is -1.75. The fourth-order valence-electron chi connectivity index (χ4n) is 2.19. The zero-order valence-corrected chi connectivity index (χ0v) is 11.4. The van der Waals surface area contributed by atoms with E-state index in [1.54, 1.807) is 23.1 Å². The minimum Gasteiger partial charge on any atom is -0.508 e. The number of amides is 1. The van der Waals surface area contributed by atoms with Crippen LogP contribution < -0.4 is 9.64 Å². The van der Waals surface area contributed by atoms with Gasteiger partial charge in [0.1, 0.15) is 18.1 Å². The number of aromatic hydroxyl groups is 1. The Bertz CT molecular complexity index is 458. The largest absolute Gasteiger partial charge is 0.508 e. The molecular weight excluding hydrogens is 244 g/mol. The molecule has 0 radical (unpaired) electrons. The van der Waals surface area contributed by atoms with Gasteiger partial charge in [0.25, 0.3) is 0 Å². The van der Waals surface area contributed by atoms with Crippen molar-refractivity contribution in [2.75, 3.05) is 37.7 Å². The van der Waals surface area contributed by atoms with Crippen LogP contribution in [0, 0.1) is 0 Å². The van der Waals surface area contributed by atoms with Crippen LogP contribution in [0.15, 0.2) is 18.2 Å². The molecule has 1 aliphatic rings. The van der Waals surface area contributed by atoms with Crippen molar-refractivity contribution in [2.24, 2.45) is 0 Å². The third-order valence-electron chi connectivity index (χ3n) is 3.36. The van der Waals surface area contributed by atoms with Crippen LogP contribution in [0.3, 0.4) is 0 Å². The number of hydrogen-bond acceptors (Lipinski definition) is 4. The molecule has 0 spiro atoms. The zero-order valence-electron chi connectivity index (χ0n) is 11.4. The van der Waals surface area contributed by atoms with Crippen molar-refractivity contribution in [3.8, 4) is 11.5 Å². The predicted molar refractivity (Wildman–Crippen MR) is 73.7 cm³/mol. The van der Waals surface area contributed by atoms with Crippen LogP contribution in [0.25, 0.3) is 0 Å². The maximum Gasteiger partial charge on any atom is 0.241 e. The number of anilines is 1. The van der Waals surface area contributed by atoms with E-state index >= 15 is 0 Å². The third kappa shape index (κ3) is 2.98. The summed E-state index contributed by atoms with van der Waals surface area (Å²) in [5.41, 5.74) is 0.737. The molecule has 2 rings (SSSR count). The molecule has 0 aliphatic carbocycles. The molecule has 1 amide bonds. The number of ether oxygens (including phenoxy) is 1. The molecule has 5 heteroatoms. The van der Waals surface area contributed by atoms with Gasteiger partial charge in [-0.3, -0.25) is 9.69 Å². The van der Waals surface area contributed by atoms with Gasteiger partial charge in [-0.2, -0.15) is 0 Å². The Morgan fingerprint density at radius 2 is 2.16 bits per heavy atom. The highest BCUT2D eigenvalue weighted by Gasteiger charge is 2.24. The number of fused-ring (bicyclic) bond motifs is 1. The summed E-state index contributed by atoms with van der Waals surface area (Å²) in [6, 6.07) is 4.85. The van der Waals surface area contributed by atoms with E-state index in [2.05, 4.69) is 4.90 Å². The summed E-state index contributed by atoms with van der Waals surface area (Å²) < 4.78 is 5.47. The lowest BCUT2D eigenvalue weighted by Gasteiger charge is -2.31. The van der Waals surface area contributed by atoms with Crippen LogP contribution in [-0.2, 0) is 4.79 Å². The number of phenolic OH excluding ortho intramolecular Hbond substituents is 1. The number of likely N-dealkylation sites (N-methyl/N-ethyl adjacent to an activating group) is 1. The molecule has 0 fully saturated rings. The van der Waals surface area contributed by atoms with Gasteiger partial charge in [0, 0.05) is 6.07 Å². The molecule has 1 aliphatic heterocycles. The number of rotatable bonds is 4. The number of phenols is 1. The smallest absolute Gasteiger partial charge is 0.241 e. The highest BCUT2D eigenvalue weighted by molar-refractivity contribution is 5.96. The van der Waals surface area contributed by atoms with Crippen molar-refractivity contribution in [3.05, 3.63) is 18.2 Å². The summed E-state index contributed by atoms with van der Waals surface area (Å²) in [5.74, 6) is 0.787. The Balaban J connectivity index is 2.16. The van der Waals surface area contributed by atoms with E-state index < -0.39 is 0 Å². The van der Waals surface area contributed by atoms with Crippen molar-refractivity contribution < 1.29 is 14.6 Å². The van der Waals surface area contributed by atoms with E-state index in [1.807, 2.05) is 13.8 Å². The molecule has 0 atom stereocenters. The minimum absolute atomic E-state index is 0.0685. The molecule has 0 aromatic heterocycles. The molecular formula is C14H20N2O3. The van der Waals surface area contributed by atoms with Gasteiger partial charge < -0.3 is 14.7 Å². The van der Waals surface area contributed by atoms with Gasteiger partial charge >= 0.3 is 0 Å². The quantitative estimate of drug-likeness (QED) is 0.894. The second-order valence-corrected chi connectivity index (χ2v) is 4.51. The summed E-state index contributed by atoms with van der Waals surface area (Å²) in [7, 11) is 0. The van der Waals surface area contributed by atoms with Gasteiger partial charge in [-0.25, -0.2) is 0 Å². The molecule has 104 valence electrons. The van der Waals surface area contributed by atoms with Gasteiger partial charge in [0.05, 0.1) is 18.8 Å². The van der Waals surface area contributed by atoms with Gasteiger partial charge in [0.2, 0.25) is 5.91 Å². The van der Waals surface area contributed by atoms with Crippen molar-refractivity contribution in [1.82, 2.24) is 4.90 Å². The lowest BCUT2D eigenvalue weighted by Crippen LogP contribution is -2.44. The van der Waals surface area contributed by atoms with Crippen LogP contribution in [0.5, 0.6) is 11.5 Å². The number of carbonyl (C=O) groups excluding carboxylic acids is 1. The van der Waals surface area contributed by atoms with Gasteiger partial charge in [-0.1, -0.05) is 13.8 Å². The first-order valence-electron chi connectivity index (χ1n) is 6.64. The Morgan fingerprint density at radius 3 is 2.84 bits per heavy atom. The normalized spacial score (nSPS) is 14.2. The van der Waals surface area contributed by atoms with Crippen LogP contribution in [-0.4, -0.2) is 48.7 Å². The van der Waals surface area contributed by atoms with E-state index in [0.717, 1.165) is 18.8 Å². The second kappa shape index (κ2) is 5.93. The molecule has 1 aromatic carbocycles. The average molecular weight is 264 g/mol. The number of hydrogen-bond donors (Lipinski definition) is 1. The molecule has 5 nitrogen and oxygen atoms in total. The van der Waals surface area contributed by atoms with Crippen LogP contribution >= 0.6 is 0 Å². The molecule has 1 N–H and O–H groups in total. The molecule has 1 aromatic rings. The number of nitrogens with zero attached hydrogens (tertiary/aromatic N) is 2. The maximum absolute atomic E-state index is 12.3. The van der Waals surface area contributed by atoms with E-state index in [-0.39, 0.29) is 11.7 Å². The first-order chi connectivity index (χ1) is 9.15.